The number of aryl methyl sites for hydroxylation is 1. The van der Waals surface area contributed by atoms with Crippen LogP contribution in [0.4, 0.5) is 0 Å². The number of hydrogen-bond acceptors (Lipinski definition) is 4. The molecule has 1 aromatic carbocycles. The van der Waals surface area contributed by atoms with E-state index in [0.29, 0.717) is 12.1 Å². The van der Waals surface area contributed by atoms with Gasteiger partial charge in [-0.2, -0.15) is 0 Å². The Hall–Kier alpha value is -2.89. The number of benzene rings is 1. The molecule has 6 heteroatoms. The first-order chi connectivity index (χ1) is 16.1. The van der Waals surface area contributed by atoms with Gasteiger partial charge in [-0.1, -0.05) is 69.4 Å². The van der Waals surface area contributed by atoms with Crippen molar-refractivity contribution in [2.24, 2.45) is 0 Å². The van der Waals surface area contributed by atoms with E-state index in [1.807, 2.05) is 10.6 Å². The van der Waals surface area contributed by atoms with E-state index in [0.717, 1.165) is 56.2 Å². The van der Waals surface area contributed by atoms with Crippen molar-refractivity contribution in [2.75, 3.05) is 7.11 Å². The Morgan fingerprint density at radius 1 is 1.03 bits per heavy atom. The maximum Gasteiger partial charge on any atom is 0.333 e. The topological polar surface area (TPSA) is 77.4 Å². The zero-order valence-electron chi connectivity index (χ0n) is 19.9. The zero-order chi connectivity index (χ0) is 23.6. The van der Waals surface area contributed by atoms with Gasteiger partial charge in [0.2, 0.25) is 0 Å². The molecule has 3 rings (SSSR count). The van der Waals surface area contributed by atoms with Crippen molar-refractivity contribution in [3.63, 3.8) is 0 Å². The average molecular weight is 453 g/mol. The molecule has 0 fully saturated rings. The number of fused-ring (bicyclic) bond motifs is 1. The fraction of sp³-hybridized carbons (Fsp3) is 0.519. The molecular weight excluding hydrogens is 416 g/mol. The van der Waals surface area contributed by atoms with Crippen LogP contribution in [0.3, 0.4) is 0 Å². The molecule has 1 atom stereocenters. The fourth-order valence-corrected chi connectivity index (χ4v) is 4.55. The summed E-state index contributed by atoms with van der Waals surface area (Å²) in [4.78, 5) is 39.2. The monoisotopic (exact) mass is 452 g/mol. The third-order valence-electron chi connectivity index (χ3n) is 6.43. The van der Waals surface area contributed by atoms with Crippen molar-refractivity contribution in [2.45, 2.75) is 83.7 Å². The van der Waals surface area contributed by atoms with Gasteiger partial charge >= 0.3 is 5.97 Å². The van der Waals surface area contributed by atoms with Crippen LogP contribution in [0.1, 0.15) is 91.5 Å². The maximum absolute atomic E-state index is 13.5. The Bertz CT molecular complexity index is 997. The van der Waals surface area contributed by atoms with Crippen molar-refractivity contribution >= 4 is 11.9 Å². The molecule has 1 aliphatic rings. The van der Waals surface area contributed by atoms with E-state index in [1.54, 1.807) is 30.3 Å². The van der Waals surface area contributed by atoms with E-state index in [4.69, 9.17) is 4.74 Å². The number of amides is 1. The number of hydrogen-bond donors (Lipinski definition) is 1. The summed E-state index contributed by atoms with van der Waals surface area (Å²) in [6.45, 7) is 2.71. The van der Waals surface area contributed by atoms with E-state index in [2.05, 4.69) is 12.2 Å². The summed E-state index contributed by atoms with van der Waals surface area (Å²) in [7, 11) is 1.29. The lowest BCUT2D eigenvalue weighted by Crippen LogP contribution is -2.39. The summed E-state index contributed by atoms with van der Waals surface area (Å²) in [5, 5.41) is 2.75. The fourth-order valence-electron chi connectivity index (χ4n) is 4.55. The smallest absolute Gasteiger partial charge is 0.333 e. The number of carbonyl (C=O) groups is 2. The molecular formula is C27H36N2O4. The first-order valence-corrected chi connectivity index (χ1v) is 12.3. The van der Waals surface area contributed by atoms with Crippen LogP contribution in [0.25, 0.3) is 0 Å². The maximum atomic E-state index is 13.5. The van der Waals surface area contributed by atoms with Gasteiger partial charge in [-0.15, -0.1) is 0 Å². The second kappa shape index (κ2) is 12.4. The lowest BCUT2D eigenvalue weighted by Gasteiger charge is -2.21. The Balaban J connectivity index is 2.00. The van der Waals surface area contributed by atoms with Gasteiger partial charge in [0.25, 0.3) is 11.5 Å². The Morgan fingerprint density at radius 2 is 1.70 bits per heavy atom. The van der Waals surface area contributed by atoms with Crippen LogP contribution in [0.2, 0.25) is 0 Å². The molecule has 0 saturated carbocycles. The number of methoxy groups -OCH3 is 1. The molecule has 33 heavy (non-hydrogen) atoms. The van der Waals surface area contributed by atoms with Crippen LogP contribution in [0, 0.1) is 0 Å². The number of pyridine rings is 1. The van der Waals surface area contributed by atoms with Gasteiger partial charge in [0.1, 0.15) is 5.56 Å². The lowest BCUT2D eigenvalue weighted by molar-refractivity contribution is -0.143. The average Bonchev–Trinajstić information content (AvgIpc) is 2.84. The minimum Gasteiger partial charge on any atom is -0.467 e. The number of nitrogens with zero attached hydrogens (tertiary/aromatic N) is 1. The van der Waals surface area contributed by atoms with Gasteiger partial charge in [-0.25, -0.2) is 4.79 Å². The van der Waals surface area contributed by atoms with Gasteiger partial charge in [0.15, 0.2) is 6.04 Å². The number of nitrogens with one attached hydrogen (secondary N) is 1. The van der Waals surface area contributed by atoms with E-state index < -0.39 is 17.9 Å². The predicted octanol–water partition coefficient (Wildman–Crippen LogP) is 4.73. The Kier molecular flexibility index (Phi) is 9.28. The molecule has 0 aliphatic heterocycles. The molecule has 1 aromatic heterocycles. The van der Waals surface area contributed by atoms with Crippen LogP contribution in [-0.2, 0) is 28.9 Å². The molecule has 1 aliphatic carbocycles. The number of ether oxygens (including phenoxy) is 1. The second-order valence-corrected chi connectivity index (χ2v) is 8.80. The minimum atomic E-state index is -0.971. The highest BCUT2D eigenvalue weighted by molar-refractivity contribution is 5.97. The summed E-state index contributed by atoms with van der Waals surface area (Å²) in [5.74, 6) is -1.11. The minimum absolute atomic E-state index is 0.103. The SMILES string of the molecule is CCCCn1c2c(cc(C(=O)N[C@@H](C(=O)OC)c3ccccc3)c1=O)CCCCCCCC2. The number of carbonyl (C=O) groups excluding carboxylic acids is 2. The molecule has 0 bridgehead atoms. The first kappa shape index (κ1) is 24.7. The molecule has 2 aromatic rings. The first-order valence-electron chi connectivity index (χ1n) is 12.3. The van der Waals surface area contributed by atoms with Crippen molar-refractivity contribution in [1.29, 1.82) is 0 Å². The largest absolute Gasteiger partial charge is 0.467 e. The number of unbranched alkanes of at least 4 members (excludes halogenated alkanes) is 1. The highest BCUT2D eigenvalue weighted by atomic mass is 16.5. The third kappa shape index (κ3) is 6.34. The standard InChI is InChI=1S/C27H36N2O4/c1-3-4-18-29-23-17-13-8-6-5-7-10-16-21(23)19-22(26(29)31)25(30)28-24(27(32)33-2)20-14-11-9-12-15-20/h9,11-12,14-15,19,24H,3-8,10,13,16-18H2,1-2H3,(H,28,30)/t24-/m1/s1. The molecule has 1 heterocycles. The van der Waals surface area contributed by atoms with Crippen molar-refractivity contribution in [3.05, 3.63) is 69.1 Å². The van der Waals surface area contributed by atoms with Gasteiger partial charge in [-0.3, -0.25) is 9.59 Å². The van der Waals surface area contributed by atoms with Crippen molar-refractivity contribution in [3.8, 4) is 0 Å². The van der Waals surface area contributed by atoms with Gasteiger partial charge in [0.05, 0.1) is 7.11 Å². The van der Waals surface area contributed by atoms with Crippen LogP contribution in [0.5, 0.6) is 0 Å². The molecule has 1 N–H and O–H groups in total. The van der Waals surface area contributed by atoms with Crippen molar-refractivity contribution < 1.29 is 14.3 Å². The molecule has 0 saturated heterocycles. The van der Waals surface area contributed by atoms with Crippen LogP contribution in [-0.4, -0.2) is 23.6 Å². The third-order valence-corrected chi connectivity index (χ3v) is 6.43. The lowest BCUT2D eigenvalue weighted by atomic mass is 9.96. The van der Waals surface area contributed by atoms with E-state index in [1.165, 1.54) is 26.4 Å². The van der Waals surface area contributed by atoms with Gasteiger partial charge < -0.3 is 14.6 Å². The van der Waals surface area contributed by atoms with E-state index in [-0.39, 0.29) is 11.1 Å². The molecule has 178 valence electrons. The van der Waals surface area contributed by atoms with Crippen LogP contribution < -0.4 is 10.9 Å². The van der Waals surface area contributed by atoms with Crippen LogP contribution >= 0.6 is 0 Å². The molecule has 6 nitrogen and oxygen atoms in total. The van der Waals surface area contributed by atoms with E-state index >= 15 is 0 Å². The van der Waals surface area contributed by atoms with Crippen LogP contribution in [0.15, 0.2) is 41.2 Å². The summed E-state index contributed by atoms with van der Waals surface area (Å²) < 4.78 is 6.74. The second-order valence-electron chi connectivity index (χ2n) is 8.80. The number of aromatic nitrogens is 1. The van der Waals surface area contributed by atoms with Gasteiger partial charge in [-0.05, 0) is 49.3 Å². The number of rotatable bonds is 7. The molecule has 0 spiro atoms. The summed E-state index contributed by atoms with van der Waals surface area (Å²) >= 11 is 0. The van der Waals surface area contributed by atoms with Crippen molar-refractivity contribution in [1.82, 2.24) is 9.88 Å². The highest BCUT2D eigenvalue weighted by Crippen LogP contribution is 2.21. The molecule has 1 amide bonds. The number of esters is 1. The zero-order valence-corrected chi connectivity index (χ0v) is 19.9. The quantitative estimate of drug-likeness (QED) is 0.616. The normalized spacial score (nSPS) is 15.2. The molecule has 0 radical (unpaired) electrons. The summed E-state index contributed by atoms with van der Waals surface area (Å²) in [5.41, 5.74) is 2.62. The predicted molar refractivity (Wildman–Crippen MR) is 129 cm³/mol. The van der Waals surface area contributed by atoms with Gasteiger partial charge in [0, 0.05) is 12.2 Å². The summed E-state index contributed by atoms with van der Waals surface area (Å²) in [6.07, 6.45) is 10.5. The summed E-state index contributed by atoms with van der Waals surface area (Å²) in [6, 6.07) is 9.75. The Morgan fingerprint density at radius 3 is 2.36 bits per heavy atom. The Labute approximate surface area is 196 Å². The highest BCUT2D eigenvalue weighted by Gasteiger charge is 2.26. The molecule has 0 unspecified atom stereocenters. The van der Waals surface area contributed by atoms with E-state index in [9.17, 15) is 14.4 Å².